The third-order valence-electron chi connectivity index (χ3n) is 2.65. The van der Waals surface area contributed by atoms with Gasteiger partial charge >= 0.3 is 0 Å². The molecule has 1 saturated carbocycles. The molecule has 0 radical (unpaired) electrons. The fraction of sp³-hybridized carbons (Fsp3) is 0.364. The standard InChI is InChI=1S/C11H11BrN2/c12-10-4-2-1-3-9(10)11(5-6-11)14-8-7-13/h1-4,14H,5-6,8H2. The molecule has 0 unspecified atom stereocenters. The predicted molar refractivity (Wildman–Crippen MR) is 58.7 cm³/mol. The number of nitrogens with one attached hydrogen (secondary N) is 1. The van der Waals surface area contributed by atoms with Crippen molar-refractivity contribution in [3.63, 3.8) is 0 Å². The van der Waals surface area contributed by atoms with Crippen LogP contribution in [-0.2, 0) is 5.54 Å². The average Bonchev–Trinajstić information content (AvgIpc) is 2.97. The van der Waals surface area contributed by atoms with Gasteiger partial charge in [-0.15, -0.1) is 0 Å². The van der Waals surface area contributed by atoms with Gasteiger partial charge in [-0.1, -0.05) is 34.1 Å². The fourth-order valence-electron chi connectivity index (χ4n) is 1.72. The number of hydrogen-bond donors (Lipinski definition) is 1. The largest absolute Gasteiger partial charge is 0.295 e. The SMILES string of the molecule is N#CCNC1(c2ccccc2Br)CC1. The summed E-state index contributed by atoms with van der Waals surface area (Å²) in [4.78, 5) is 0. The van der Waals surface area contributed by atoms with Gasteiger partial charge in [-0.25, -0.2) is 0 Å². The Hall–Kier alpha value is -0.850. The Morgan fingerprint density at radius 1 is 1.43 bits per heavy atom. The lowest BCUT2D eigenvalue weighted by Crippen LogP contribution is -2.29. The summed E-state index contributed by atoms with van der Waals surface area (Å²) in [6.07, 6.45) is 2.24. The minimum Gasteiger partial charge on any atom is -0.295 e. The molecule has 0 saturated heterocycles. The fourth-order valence-corrected chi connectivity index (χ4v) is 2.39. The van der Waals surface area contributed by atoms with E-state index in [9.17, 15) is 0 Å². The summed E-state index contributed by atoms with van der Waals surface area (Å²) in [7, 11) is 0. The average molecular weight is 251 g/mol. The number of hydrogen-bond acceptors (Lipinski definition) is 2. The van der Waals surface area contributed by atoms with Crippen molar-refractivity contribution in [2.24, 2.45) is 0 Å². The zero-order valence-electron chi connectivity index (χ0n) is 7.76. The van der Waals surface area contributed by atoms with Crippen LogP contribution in [0.5, 0.6) is 0 Å². The molecule has 1 aromatic carbocycles. The van der Waals surface area contributed by atoms with E-state index in [0.717, 1.165) is 17.3 Å². The van der Waals surface area contributed by atoms with Gasteiger partial charge in [-0.2, -0.15) is 5.26 Å². The summed E-state index contributed by atoms with van der Waals surface area (Å²) in [6, 6.07) is 10.3. The summed E-state index contributed by atoms with van der Waals surface area (Å²) < 4.78 is 1.13. The first-order valence-corrected chi connectivity index (χ1v) is 5.45. The highest BCUT2D eigenvalue weighted by Crippen LogP contribution is 2.47. The molecule has 2 nitrogen and oxygen atoms in total. The number of nitrogens with zero attached hydrogens (tertiary/aromatic N) is 1. The maximum atomic E-state index is 8.55. The molecule has 0 spiro atoms. The van der Waals surface area contributed by atoms with Crippen LogP contribution in [0.3, 0.4) is 0 Å². The lowest BCUT2D eigenvalue weighted by Gasteiger charge is -2.17. The van der Waals surface area contributed by atoms with Gasteiger partial charge in [0.15, 0.2) is 0 Å². The Morgan fingerprint density at radius 2 is 2.14 bits per heavy atom. The second-order valence-electron chi connectivity index (χ2n) is 3.57. The molecular weight excluding hydrogens is 240 g/mol. The quantitative estimate of drug-likeness (QED) is 0.838. The minimum atomic E-state index is 0.0653. The molecular formula is C11H11BrN2. The van der Waals surface area contributed by atoms with Crippen LogP contribution in [0.2, 0.25) is 0 Å². The Balaban J connectivity index is 2.23. The van der Waals surface area contributed by atoms with E-state index < -0.39 is 0 Å². The molecule has 1 aliphatic carbocycles. The molecule has 1 N–H and O–H groups in total. The summed E-state index contributed by atoms with van der Waals surface area (Å²) >= 11 is 3.54. The first-order chi connectivity index (χ1) is 6.78. The highest BCUT2D eigenvalue weighted by molar-refractivity contribution is 9.10. The minimum absolute atomic E-state index is 0.0653. The van der Waals surface area contributed by atoms with Crippen LogP contribution >= 0.6 is 15.9 Å². The van der Waals surface area contributed by atoms with E-state index in [-0.39, 0.29) is 5.54 Å². The Morgan fingerprint density at radius 3 is 2.71 bits per heavy atom. The molecule has 14 heavy (non-hydrogen) atoms. The molecule has 0 atom stereocenters. The maximum absolute atomic E-state index is 8.55. The molecule has 1 fully saturated rings. The topological polar surface area (TPSA) is 35.8 Å². The summed E-state index contributed by atoms with van der Waals surface area (Å²) in [5, 5.41) is 11.8. The van der Waals surface area contributed by atoms with Crippen molar-refractivity contribution in [3.05, 3.63) is 34.3 Å². The first-order valence-electron chi connectivity index (χ1n) is 4.65. The van der Waals surface area contributed by atoms with E-state index in [4.69, 9.17) is 5.26 Å². The van der Waals surface area contributed by atoms with Gasteiger partial charge in [-0.05, 0) is 24.5 Å². The molecule has 0 bridgehead atoms. The lowest BCUT2D eigenvalue weighted by molar-refractivity contribution is 0.556. The molecule has 1 aliphatic rings. The van der Waals surface area contributed by atoms with Crippen molar-refractivity contribution in [2.75, 3.05) is 6.54 Å². The number of halogens is 1. The van der Waals surface area contributed by atoms with Crippen LogP contribution in [0.15, 0.2) is 28.7 Å². The zero-order valence-corrected chi connectivity index (χ0v) is 9.34. The van der Waals surface area contributed by atoms with Gasteiger partial charge in [0.25, 0.3) is 0 Å². The van der Waals surface area contributed by atoms with Gasteiger partial charge in [0, 0.05) is 10.0 Å². The predicted octanol–water partition coefficient (Wildman–Crippen LogP) is 2.55. The Kier molecular flexibility index (Phi) is 2.58. The smallest absolute Gasteiger partial charge is 0.0847 e. The van der Waals surface area contributed by atoms with E-state index in [0.29, 0.717) is 6.54 Å². The van der Waals surface area contributed by atoms with Gasteiger partial charge < -0.3 is 0 Å². The van der Waals surface area contributed by atoms with Crippen molar-refractivity contribution in [1.82, 2.24) is 5.32 Å². The normalized spacial score (nSPS) is 17.4. The second-order valence-corrected chi connectivity index (χ2v) is 4.43. The molecule has 1 aromatic rings. The van der Waals surface area contributed by atoms with Crippen LogP contribution in [0.1, 0.15) is 18.4 Å². The van der Waals surface area contributed by atoms with Gasteiger partial charge in [0.1, 0.15) is 0 Å². The van der Waals surface area contributed by atoms with Gasteiger partial charge in [-0.3, -0.25) is 5.32 Å². The highest BCUT2D eigenvalue weighted by Gasteiger charge is 2.44. The van der Waals surface area contributed by atoms with Crippen molar-refractivity contribution in [1.29, 1.82) is 5.26 Å². The van der Waals surface area contributed by atoms with E-state index in [2.05, 4.69) is 33.4 Å². The number of rotatable bonds is 3. The van der Waals surface area contributed by atoms with Crippen molar-refractivity contribution < 1.29 is 0 Å². The van der Waals surface area contributed by atoms with Gasteiger partial charge in [0.2, 0.25) is 0 Å². The monoisotopic (exact) mass is 250 g/mol. The molecule has 72 valence electrons. The third kappa shape index (κ3) is 1.68. The molecule has 2 rings (SSSR count). The van der Waals surface area contributed by atoms with Crippen molar-refractivity contribution >= 4 is 15.9 Å². The number of benzene rings is 1. The molecule has 0 aromatic heterocycles. The first kappa shape index (κ1) is 9.70. The van der Waals surface area contributed by atoms with Gasteiger partial charge in [0.05, 0.1) is 12.6 Å². The van der Waals surface area contributed by atoms with E-state index in [1.54, 1.807) is 0 Å². The Labute approximate surface area is 92.1 Å². The molecule has 0 aliphatic heterocycles. The second kappa shape index (κ2) is 3.72. The van der Waals surface area contributed by atoms with Crippen molar-refractivity contribution in [2.45, 2.75) is 18.4 Å². The molecule has 3 heteroatoms. The highest BCUT2D eigenvalue weighted by atomic mass is 79.9. The Bertz CT molecular complexity index is 377. The van der Waals surface area contributed by atoms with E-state index in [1.807, 2.05) is 18.2 Å². The van der Waals surface area contributed by atoms with Crippen LogP contribution in [0.25, 0.3) is 0 Å². The van der Waals surface area contributed by atoms with E-state index in [1.165, 1.54) is 5.56 Å². The van der Waals surface area contributed by atoms with Crippen LogP contribution in [0.4, 0.5) is 0 Å². The third-order valence-corrected chi connectivity index (χ3v) is 3.34. The van der Waals surface area contributed by atoms with Crippen molar-refractivity contribution in [3.8, 4) is 6.07 Å². The van der Waals surface area contributed by atoms with Crippen LogP contribution < -0.4 is 5.32 Å². The lowest BCUT2D eigenvalue weighted by atomic mass is 10.1. The maximum Gasteiger partial charge on any atom is 0.0847 e. The zero-order chi connectivity index (χ0) is 10.0. The summed E-state index contributed by atoms with van der Waals surface area (Å²) in [5.74, 6) is 0. The van der Waals surface area contributed by atoms with E-state index >= 15 is 0 Å². The summed E-state index contributed by atoms with van der Waals surface area (Å²) in [6.45, 7) is 0.418. The molecule has 0 amide bonds. The number of nitriles is 1. The molecule has 0 heterocycles. The van der Waals surface area contributed by atoms with Crippen LogP contribution in [0, 0.1) is 11.3 Å². The summed E-state index contributed by atoms with van der Waals surface area (Å²) in [5.41, 5.74) is 1.34. The van der Waals surface area contributed by atoms with Crippen LogP contribution in [-0.4, -0.2) is 6.54 Å².